The number of aromatic nitrogens is 1. The lowest BCUT2D eigenvalue weighted by atomic mass is 10.00. The lowest BCUT2D eigenvalue weighted by Gasteiger charge is -2.28. The number of carbonyl (C=O) groups excluding carboxylic acids is 1. The number of nitrogens with zero attached hydrogens (tertiary/aromatic N) is 2. The summed E-state index contributed by atoms with van der Waals surface area (Å²) in [4.78, 5) is 20.4. The molecule has 0 spiro atoms. The average Bonchev–Trinajstić information content (AvgIpc) is 3.55. The van der Waals surface area contributed by atoms with Gasteiger partial charge >= 0.3 is 0 Å². The molecule has 6 rings (SSSR count). The van der Waals surface area contributed by atoms with Crippen LogP contribution in [0.1, 0.15) is 33.8 Å². The number of phenolic OH excluding ortho intramolecular Hbond substituents is 1. The summed E-state index contributed by atoms with van der Waals surface area (Å²) >= 11 is 0. The van der Waals surface area contributed by atoms with E-state index in [0.717, 1.165) is 36.3 Å². The fourth-order valence-electron chi connectivity index (χ4n) is 4.74. The van der Waals surface area contributed by atoms with Crippen molar-refractivity contribution in [2.24, 2.45) is 0 Å². The Kier molecular flexibility index (Phi) is 4.77. The number of hydrogen-bond acceptors (Lipinski definition) is 6. The van der Waals surface area contributed by atoms with Crippen LogP contribution >= 0.6 is 0 Å². The topological polar surface area (TPSA) is 89.5 Å². The Balaban J connectivity index is 1.45. The van der Waals surface area contributed by atoms with Crippen molar-refractivity contribution in [1.29, 1.82) is 0 Å². The van der Waals surface area contributed by atoms with Crippen LogP contribution in [-0.2, 0) is 0 Å². The number of pyridine rings is 1. The van der Waals surface area contributed by atoms with Gasteiger partial charge in [-0.3, -0.25) is 15.6 Å². The van der Waals surface area contributed by atoms with Gasteiger partial charge in [-0.15, -0.1) is 0 Å². The summed E-state index contributed by atoms with van der Waals surface area (Å²) in [7, 11) is 0. The van der Waals surface area contributed by atoms with E-state index in [-0.39, 0.29) is 11.7 Å². The highest BCUT2D eigenvalue weighted by atomic mass is 16.3. The second-order valence-corrected chi connectivity index (χ2v) is 8.69. The van der Waals surface area contributed by atoms with E-state index in [1.165, 1.54) is 11.1 Å². The van der Waals surface area contributed by atoms with E-state index in [9.17, 15) is 9.90 Å². The van der Waals surface area contributed by atoms with Gasteiger partial charge in [0.1, 0.15) is 5.75 Å². The van der Waals surface area contributed by atoms with Gasteiger partial charge in [-0.05, 0) is 47.9 Å². The summed E-state index contributed by atoms with van der Waals surface area (Å²) in [6.45, 7) is 2.96. The number of hydrogen-bond donors (Lipinski definition) is 4. The maximum absolute atomic E-state index is 13.7. The molecule has 1 atom stereocenters. The highest BCUT2D eigenvalue weighted by Crippen LogP contribution is 2.52. The first-order chi connectivity index (χ1) is 16.2. The number of rotatable bonds is 3. The van der Waals surface area contributed by atoms with Gasteiger partial charge in [-0.1, -0.05) is 30.3 Å². The molecule has 4 N–H and O–H groups in total. The Morgan fingerprint density at radius 2 is 1.76 bits per heavy atom. The van der Waals surface area contributed by atoms with Crippen LogP contribution < -0.4 is 16.2 Å². The third-order valence-electron chi connectivity index (χ3n) is 6.58. The lowest BCUT2D eigenvalue weighted by molar-refractivity contribution is 0.0735. The Bertz CT molecular complexity index is 1250. The van der Waals surface area contributed by atoms with Gasteiger partial charge in [0, 0.05) is 37.7 Å². The molecule has 1 saturated carbocycles. The molecule has 1 aromatic heterocycles. The molecule has 2 aromatic carbocycles. The van der Waals surface area contributed by atoms with E-state index in [0.29, 0.717) is 36.1 Å². The zero-order chi connectivity index (χ0) is 22.4. The van der Waals surface area contributed by atoms with Gasteiger partial charge in [0.2, 0.25) is 0 Å². The zero-order valence-electron chi connectivity index (χ0n) is 18.1. The first-order valence-electron chi connectivity index (χ1n) is 11.3. The fourth-order valence-corrected chi connectivity index (χ4v) is 4.74. The standard InChI is InChI=1S/C26H25N5O2/c32-18-8-6-17(7-9-18)22-15-21(26(33)31-12-10-27-11-13-31)23-24(29-30-25(23)28-22)20-14-19(20)16-4-2-1-3-5-16/h1-9,15,19,27,29,32H,10-14H2,(H,28,30)/b24-20-/t19-/m1/s1. The molecule has 0 unspecified atom stereocenters. The largest absolute Gasteiger partial charge is 0.508 e. The number of anilines is 1. The molecule has 0 radical (unpaired) electrons. The molecule has 7 nitrogen and oxygen atoms in total. The van der Waals surface area contributed by atoms with Gasteiger partial charge in [-0.2, -0.15) is 0 Å². The normalized spacial score (nSPS) is 21.2. The number of piperazine rings is 1. The summed E-state index contributed by atoms with van der Waals surface area (Å²) in [5.41, 5.74) is 13.1. The molecular formula is C26H25N5O2. The number of fused-ring (bicyclic) bond motifs is 1. The number of hydrazine groups is 1. The van der Waals surface area contributed by atoms with E-state index in [4.69, 9.17) is 4.98 Å². The van der Waals surface area contributed by atoms with Crippen LogP contribution in [0.3, 0.4) is 0 Å². The Morgan fingerprint density at radius 1 is 1.00 bits per heavy atom. The molecule has 0 bridgehead atoms. The van der Waals surface area contributed by atoms with Crippen molar-refractivity contribution in [3.63, 3.8) is 0 Å². The molecule has 3 aliphatic rings. The van der Waals surface area contributed by atoms with Crippen LogP contribution in [-0.4, -0.2) is 47.1 Å². The molecule has 166 valence electrons. The first kappa shape index (κ1) is 19.8. The van der Waals surface area contributed by atoms with Crippen LogP contribution in [0.2, 0.25) is 0 Å². The van der Waals surface area contributed by atoms with Gasteiger partial charge in [0.05, 0.1) is 22.5 Å². The highest BCUT2D eigenvalue weighted by molar-refractivity contribution is 6.04. The monoisotopic (exact) mass is 439 g/mol. The molecule has 7 heteroatoms. The Morgan fingerprint density at radius 3 is 2.52 bits per heavy atom. The summed E-state index contributed by atoms with van der Waals surface area (Å²) in [6, 6.07) is 19.3. The minimum atomic E-state index is 0.0238. The van der Waals surface area contributed by atoms with Gasteiger partial charge in [-0.25, -0.2) is 4.98 Å². The minimum Gasteiger partial charge on any atom is -0.508 e. The van der Waals surface area contributed by atoms with Crippen molar-refractivity contribution in [3.05, 3.63) is 82.9 Å². The SMILES string of the molecule is O=C(c1cc(-c2ccc(O)cc2)nc2c1/C(=C1\C[C@@H]1c1ccccc1)NN2)N1CCNCC1. The second-order valence-electron chi connectivity index (χ2n) is 8.69. The minimum absolute atomic E-state index is 0.0238. The zero-order valence-corrected chi connectivity index (χ0v) is 18.1. The van der Waals surface area contributed by atoms with E-state index in [1.807, 2.05) is 29.2 Å². The van der Waals surface area contributed by atoms with Crippen LogP contribution in [0.5, 0.6) is 5.75 Å². The first-order valence-corrected chi connectivity index (χ1v) is 11.3. The summed E-state index contributed by atoms with van der Waals surface area (Å²) < 4.78 is 0. The Labute approximate surface area is 192 Å². The number of nitrogens with one attached hydrogen (secondary N) is 3. The number of amides is 1. The smallest absolute Gasteiger partial charge is 0.254 e. The van der Waals surface area contributed by atoms with Crippen molar-refractivity contribution in [3.8, 4) is 17.0 Å². The summed E-state index contributed by atoms with van der Waals surface area (Å²) in [5, 5.41) is 13.0. The molecule has 2 fully saturated rings. The van der Waals surface area contributed by atoms with E-state index in [2.05, 4.69) is 40.4 Å². The second kappa shape index (κ2) is 7.94. The number of carbonyl (C=O) groups is 1. The molecule has 33 heavy (non-hydrogen) atoms. The molecule has 1 aliphatic carbocycles. The van der Waals surface area contributed by atoms with Gasteiger partial charge < -0.3 is 15.3 Å². The van der Waals surface area contributed by atoms with Crippen LogP contribution in [0.4, 0.5) is 5.82 Å². The quantitative estimate of drug-likeness (QED) is 0.501. The molecule has 1 saturated heterocycles. The predicted molar refractivity (Wildman–Crippen MR) is 128 cm³/mol. The third kappa shape index (κ3) is 3.60. The molecule has 2 aliphatic heterocycles. The predicted octanol–water partition coefficient (Wildman–Crippen LogP) is 3.33. The van der Waals surface area contributed by atoms with Gasteiger partial charge in [0.25, 0.3) is 5.91 Å². The molecule has 3 heterocycles. The van der Waals surface area contributed by atoms with E-state index in [1.54, 1.807) is 12.1 Å². The number of allylic oxidation sites excluding steroid dienone is 1. The molecular weight excluding hydrogens is 414 g/mol. The van der Waals surface area contributed by atoms with Crippen molar-refractivity contribution >= 4 is 17.4 Å². The Hall–Kier alpha value is -3.84. The maximum atomic E-state index is 13.7. The van der Waals surface area contributed by atoms with Gasteiger partial charge in [0.15, 0.2) is 5.82 Å². The number of aromatic hydroxyl groups is 1. The lowest BCUT2D eigenvalue weighted by Crippen LogP contribution is -2.46. The third-order valence-corrected chi connectivity index (χ3v) is 6.58. The fraction of sp³-hybridized carbons (Fsp3) is 0.231. The summed E-state index contributed by atoms with van der Waals surface area (Å²) in [6.07, 6.45) is 0.967. The number of benzene rings is 2. The summed E-state index contributed by atoms with van der Waals surface area (Å²) in [5.74, 6) is 1.25. The number of phenols is 1. The van der Waals surface area contributed by atoms with Crippen LogP contribution in [0.25, 0.3) is 17.0 Å². The van der Waals surface area contributed by atoms with E-state index >= 15 is 0 Å². The molecule has 1 amide bonds. The van der Waals surface area contributed by atoms with Crippen LogP contribution in [0, 0.1) is 0 Å². The van der Waals surface area contributed by atoms with Crippen molar-refractivity contribution < 1.29 is 9.90 Å². The maximum Gasteiger partial charge on any atom is 0.254 e. The average molecular weight is 440 g/mol. The van der Waals surface area contributed by atoms with Crippen molar-refractivity contribution in [2.45, 2.75) is 12.3 Å². The molecule has 3 aromatic rings. The van der Waals surface area contributed by atoms with E-state index < -0.39 is 0 Å². The van der Waals surface area contributed by atoms with Crippen molar-refractivity contribution in [2.75, 3.05) is 31.6 Å². The van der Waals surface area contributed by atoms with Crippen LogP contribution in [0.15, 0.2) is 66.2 Å². The highest BCUT2D eigenvalue weighted by Gasteiger charge is 2.39. The van der Waals surface area contributed by atoms with Crippen molar-refractivity contribution in [1.82, 2.24) is 20.6 Å².